The Kier molecular flexibility index (Phi) is 4.71. The van der Waals surface area contributed by atoms with Gasteiger partial charge in [0.2, 0.25) is 10.0 Å². The van der Waals surface area contributed by atoms with Crippen LogP contribution in [0.15, 0.2) is 23.1 Å². The summed E-state index contributed by atoms with van der Waals surface area (Å²) in [6.07, 6.45) is 0. The van der Waals surface area contributed by atoms with Crippen molar-refractivity contribution in [3.63, 3.8) is 0 Å². The molecule has 0 saturated carbocycles. The van der Waals surface area contributed by atoms with Crippen LogP contribution in [-0.4, -0.2) is 32.4 Å². The fraction of sp³-hybridized carbons (Fsp3) is 0.364. The van der Waals surface area contributed by atoms with Crippen molar-refractivity contribution < 1.29 is 8.42 Å². The van der Waals surface area contributed by atoms with Crippen molar-refractivity contribution in [3.8, 4) is 6.07 Å². The monoisotopic (exact) mass is 287 g/mol. The Hall–Kier alpha value is -1.13. The first-order valence-electron chi connectivity index (χ1n) is 5.22. The third-order valence-corrected chi connectivity index (χ3v) is 4.99. The van der Waals surface area contributed by atoms with E-state index in [-0.39, 0.29) is 28.1 Å². The van der Waals surface area contributed by atoms with Gasteiger partial charge in [-0.15, -0.1) is 0 Å². The topological polar surface area (TPSA) is 87.2 Å². The van der Waals surface area contributed by atoms with Crippen molar-refractivity contribution >= 4 is 21.6 Å². The molecule has 0 heterocycles. The van der Waals surface area contributed by atoms with Crippen molar-refractivity contribution in [2.45, 2.75) is 17.9 Å². The SMILES string of the molecule is CC(CN)N(C)S(=O)(=O)c1ccc(Cl)c(C#N)c1. The maximum Gasteiger partial charge on any atom is 0.243 e. The summed E-state index contributed by atoms with van der Waals surface area (Å²) in [7, 11) is -2.20. The number of benzene rings is 1. The average Bonchev–Trinajstić information content (AvgIpc) is 2.37. The number of likely N-dealkylation sites (N-methyl/N-ethyl adjacent to an activating group) is 1. The number of nitriles is 1. The van der Waals surface area contributed by atoms with Gasteiger partial charge < -0.3 is 5.73 Å². The molecule has 0 aliphatic heterocycles. The lowest BCUT2D eigenvalue weighted by atomic mass is 10.2. The quantitative estimate of drug-likeness (QED) is 0.901. The summed E-state index contributed by atoms with van der Waals surface area (Å²) in [6.45, 7) is 1.92. The van der Waals surface area contributed by atoms with Gasteiger partial charge in [-0.2, -0.15) is 9.57 Å². The molecule has 0 amide bonds. The van der Waals surface area contributed by atoms with E-state index in [1.54, 1.807) is 6.92 Å². The van der Waals surface area contributed by atoms with Crippen LogP contribution in [0.2, 0.25) is 5.02 Å². The summed E-state index contributed by atoms with van der Waals surface area (Å²) in [5.41, 5.74) is 5.58. The number of hydrogen-bond donors (Lipinski definition) is 1. The molecule has 1 aromatic rings. The predicted octanol–water partition coefficient (Wildman–Crippen LogP) is 1.18. The molecule has 0 aromatic heterocycles. The van der Waals surface area contributed by atoms with Crippen LogP contribution in [0, 0.1) is 11.3 Å². The van der Waals surface area contributed by atoms with Crippen LogP contribution in [-0.2, 0) is 10.0 Å². The zero-order chi connectivity index (χ0) is 13.9. The highest BCUT2D eigenvalue weighted by atomic mass is 35.5. The molecule has 0 radical (unpaired) electrons. The Bertz CT molecular complexity index is 580. The number of nitrogens with two attached hydrogens (primary N) is 1. The predicted molar refractivity (Wildman–Crippen MR) is 69.6 cm³/mol. The van der Waals surface area contributed by atoms with Gasteiger partial charge in [-0.1, -0.05) is 11.6 Å². The van der Waals surface area contributed by atoms with Crippen molar-refractivity contribution in [1.29, 1.82) is 5.26 Å². The van der Waals surface area contributed by atoms with E-state index in [2.05, 4.69) is 0 Å². The Morgan fingerprint density at radius 3 is 2.67 bits per heavy atom. The van der Waals surface area contributed by atoms with Gasteiger partial charge in [0.25, 0.3) is 0 Å². The van der Waals surface area contributed by atoms with Crippen molar-refractivity contribution in [2.24, 2.45) is 5.73 Å². The summed E-state index contributed by atoms with van der Waals surface area (Å²) in [4.78, 5) is 0.0336. The Balaban J connectivity index is 3.26. The van der Waals surface area contributed by atoms with Gasteiger partial charge in [0, 0.05) is 19.6 Å². The zero-order valence-corrected chi connectivity index (χ0v) is 11.7. The molecule has 98 valence electrons. The third kappa shape index (κ3) is 2.82. The lowest BCUT2D eigenvalue weighted by molar-refractivity contribution is 0.394. The molecule has 1 unspecified atom stereocenters. The minimum absolute atomic E-state index is 0.0336. The van der Waals surface area contributed by atoms with Gasteiger partial charge >= 0.3 is 0 Å². The maximum absolute atomic E-state index is 12.2. The van der Waals surface area contributed by atoms with Crippen LogP contribution in [0.25, 0.3) is 0 Å². The van der Waals surface area contributed by atoms with E-state index in [1.165, 1.54) is 29.6 Å². The van der Waals surface area contributed by atoms with E-state index < -0.39 is 10.0 Å². The van der Waals surface area contributed by atoms with Crippen LogP contribution in [0.3, 0.4) is 0 Å². The van der Waals surface area contributed by atoms with E-state index in [1.807, 2.05) is 6.07 Å². The van der Waals surface area contributed by atoms with Crippen LogP contribution in [0.4, 0.5) is 0 Å². The number of nitrogens with zero attached hydrogens (tertiary/aromatic N) is 2. The molecule has 0 spiro atoms. The average molecular weight is 288 g/mol. The zero-order valence-electron chi connectivity index (χ0n) is 10.1. The molecule has 1 atom stereocenters. The van der Waals surface area contributed by atoms with Gasteiger partial charge in [-0.3, -0.25) is 0 Å². The molecular formula is C11H14ClN3O2S. The normalized spacial score (nSPS) is 13.3. The number of sulfonamides is 1. The highest BCUT2D eigenvalue weighted by Gasteiger charge is 2.25. The molecule has 2 N–H and O–H groups in total. The molecule has 1 aromatic carbocycles. The molecule has 7 heteroatoms. The molecule has 18 heavy (non-hydrogen) atoms. The van der Waals surface area contributed by atoms with E-state index in [0.29, 0.717) is 0 Å². The maximum atomic E-state index is 12.2. The molecule has 0 fully saturated rings. The van der Waals surface area contributed by atoms with E-state index in [4.69, 9.17) is 22.6 Å². The van der Waals surface area contributed by atoms with Crippen LogP contribution in [0.5, 0.6) is 0 Å². The summed E-state index contributed by atoms with van der Waals surface area (Å²) in [5.74, 6) is 0. The first-order chi connectivity index (χ1) is 8.34. The lowest BCUT2D eigenvalue weighted by Gasteiger charge is -2.23. The molecule has 0 saturated heterocycles. The molecule has 0 aliphatic rings. The summed E-state index contributed by atoms with van der Waals surface area (Å²) < 4.78 is 25.6. The third-order valence-electron chi connectivity index (χ3n) is 2.70. The number of hydrogen-bond acceptors (Lipinski definition) is 4. The fourth-order valence-corrected chi connectivity index (χ4v) is 2.86. The Morgan fingerprint density at radius 2 is 2.17 bits per heavy atom. The van der Waals surface area contributed by atoms with Crippen molar-refractivity contribution in [3.05, 3.63) is 28.8 Å². The van der Waals surface area contributed by atoms with Gasteiger partial charge in [0.15, 0.2) is 0 Å². The second-order valence-electron chi connectivity index (χ2n) is 3.86. The van der Waals surface area contributed by atoms with E-state index >= 15 is 0 Å². The summed E-state index contributed by atoms with van der Waals surface area (Å²) >= 11 is 5.76. The second-order valence-corrected chi connectivity index (χ2v) is 6.26. The Morgan fingerprint density at radius 1 is 1.56 bits per heavy atom. The first kappa shape index (κ1) is 14.9. The Labute approximate surface area is 112 Å². The first-order valence-corrected chi connectivity index (χ1v) is 7.04. The fourth-order valence-electron chi connectivity index (χ4n) is 1.30. The molecule has 5 nitrogen and oxygen atoms in total. The minimum atomic E-state index is -3.66. The largest absolute Gasteiger partial charge is 0.329 e. The van der Waals surface area contributed by atoms with Crippen LogP contribution >= 0.6 is 11.6 Å². The molecule has 0 bridgehead atoms. The highest BCUT2D eigenvalue weighted by Crippen LogP contribution is 2.22. The molecule has 1 rings (SSSR count). The minimum Gasteiger partial charge on any atom is -0.329 e. The van der Waals surface area contributed by atoms with Crippen molar-refractivity contribution in [1.82, 2.24) is 4.31 Å². The van der Waals surface area contributed by atoms with Crippen LogP contribution < -0.4 is 5.73 Å². The van der Waals surface area contributed by atoms with Crippen LogP contribution in [0.1, 0.15) is 12.5 Å². The van der Waals surface area contributed by atoms with Gasteiger partial charge in [0.05, 0.1) is 15.5 Å². The summed E-state index contributed by atoms with van der Waals surface area (Å²) in [5, 5.41) is 9.07. The lowest BCUT2D eigenvalue weighted by Crippen LogP contribution is -2.39. The molecule has 0 aliphatic carbocycles. The molecular weight excluding hydrogens is 274 g/mol. The van der Waals surface area contributed by atoms with Crippen molar-refractivity contribution in [2.75, 3.05) is 13.6 Å². The van der Waals surface area contributed by atoms with Gasteiger partial charge in [-0.05, 0) is 25.1 Å². The number of rotatable bonds is 4. The second kappa shape index (κ2) is 5.67. The van der Waals surface area contributed by atoms with E-state index in [0.717, 1.165) is 0 Å². The van der Waals surface area contributed by atoms with E-state index in [9.17, 15) is 8.42 Å². The van der Waals surface area contributed by atoms with Gasteiger partial charge in [0.1, 0.15) is 6.07 Å². The highest BCUT2D eigenvalue weighted by molar-refractivity contribution is 7.89. The summed E-state index contributed by atoms with van der Waals surface area (Å²) in [6, 6.07) is 5.56. The van der Waals surface area contributed by atoms with Gasteiger partial charge in [-0.25, -0.2) is 8.42 Å². The smallest absolute Gasteiger partial charge is 0.243 e. The standard InChI is InChI=1S/C11H14ClN3O2S/c1-8(6-13)15(2)18(16,17)10-3-4-11(12)9(5-10)7-14/h3-5,8H,6,13H2,1-2H3. The number of halogens is 1.